The number of ether oxygens (including phenoxy) is 1. The monoisotopic (exact) mass is 366 g/mol. The Kier molecular flexibility index (Phi) is 7.25. The first kappa shape index (κ1) is 20.2. The van der Waals surface area contributed by atoms with Crippen LogP contribution < -0.4 is 10.6 Å². The molecule has 0 bridgehead atoms. The number of nitrogens with zero attached hydrogens (tertiary/aromatic N) is 2. The van der Waals surface area contributed by atoms with E-state index in [0.29, 0.717) is 12.0 Å². The fraction of sp³-hybridized carbons (Fsp3) is 0.789. The molecule has 25 heavy (non-hydrogen) atoms. The van der Waals surface area contributed by atoms with E-state index in [1.54, 1.807) is 18.4 Å². The van der Waals surface area contributed by atoms with Gasteiger partial charge in [0.05, 0.1) is 17.2 Å². The largest absolute Gasteiger partial charge is 0.385 e. The lowest BCUT2D eigenvalue weighted by atomic mass is 9.83. The fourth-order valence-corrected chi connectivity index (χ4v) is 4.26. The predicted octanol–water partition coefficient (Wildman–Crippen LogP) is 3.70. The number of aromatic nitrogens is 1. The number of hydrogen-bond donors (Lipinski definition) is 2. The lowest BCUT2D eigenvalue weighted by Crippen LogP contribution is -2.43. The summed E-state index contributed by atoms with van der Waals surface area (Å²) in [5.74, 6) is 0.856. The SMILES string of the molecule is CN=C(NCc1csc(C(C)(C)C)n1)NCC1(CCOC)CCCC1. The molecule has 142 valence electrons. The first-order valence-corrected chi connectivity index (χ1v) is 10.1. The van der Waals surface area contributed by atoms with Crippen molar-refractivity contribution in [3.8, 4) is 0 Å². The molecule has 0 unspecified atom stereocenters. The molecule has 5 nitrogen and oxygen atoms in total. The van der Waals surface area contributed by atoms with E-state index in [9.17, 15) is 0 Å². The summed E-state index contributed by atoms with van der Waals surface area (Å²) in [5.41, 5.74) is 1.54. The highest BCUT2D eigenvalue weighted by Crippen LogP contribution is 2.40. The second-order valence-corrected chi connectivity index (χ2v) is 8.98. The van der Waals surface area contributed by atoms with Gasteiger partial charge in [0.2, 0.25) is 0 Å². The van der Waals surface area contributed by atoms with Gasteiger partial charge in [-0.15, -0.1) is 11.3 Å². The Balaban J connectivity index is 1.85. The van der Waals surface area contributed by atoms with Crippen LogP contribution in [0.2, 0.25) is 0 Å². The predicted molar refractivity (Wildman–Crippen MR) is 106 cm³/mol. The van der Waals surface area contributed by atoms with Crippen LogP contribution in [0.1, 0.15) is 63.6 Å². The molecule has 1 heterocycles. The molecule has 0 saturated heterocycles. The van der Waals surface area contributed by atoms with Gasteiger partial charge < -0.3 is 15.4 Å². The molecule has 0 aromatic carbocycles. The Morgan fingerprint density at radius 2 is 2.04 bits per heavy atom. The molecular formula is C19H34N4OS. The van der Waals surface area contributed by atoms with E-state index >= 15 is 0 Å². The van der Waals surface area contributed by atoms with Gasteiger partial charge in [0.15, 0.2) is 5.96 Å². The zero-order valence-corrected chi connectivity index (χ0v) is 17.3. The third-order valence-corrected chi connectivity index (χ3v) is 6.30. The number of methoxy groups -OCH3 is 1. The molecule has 0 amide bonds. The molecule has 1 aliphatic rings. The van der Waals surface area contributed by atoms with Crippen molar-refractivity contribution in [2.45, 2.75) is 64.8 Å². The van der Waals surface area contributed by atoms with Crippen LogP contribution in [-0.4, -0.2) is 38.3 Å². The molecule has 2 rings (SSSR count). The van der Waals surface area contributed by atoms with Crippen LogP contribution in [-0.2, 0) is 16.7 Å². The van der Waals surface area contributed by atoms with Gasteiger partial charge >= 0.3 is 0 Å². The lowest BCUT2D eigenvalue weighted by molar-refractivity contribution is 0.138. The number of aliphatic imine (C=N–C) groups is 1. The summed E-state index contributed by atoms with van der Waals surface area (Å²) in [5, 5.41) is 10.2. The Morgan fingerprint density at radius 3 is 2.60 bits per heavy atom. The molecule has 1 aromatic rings. The average molecular weight is 367 g/mol. The summed E-state index contributed by atoms with van der Waals surface area (Å²) in [6, 6.07) is 0. The molecule has 1 fully saturated rings. The fourth-order valence-electron chi connectivity index (χ4n) is 3.36. The van der Waals surface area contributed by atoms with Gasteiger partial charge in [0.1, 0.15) is 0 Å². The highest BCUT2D eigenvalue weighted by atomic mass is 32.1. The molecule has 0 aliphatic heterocycles. The Morgan fingerprint density at radius 1 is 1.32 bits per heavy atom. The van der Waals surface area contributed by atoms with Crippen LogP contribution in [0.15, 0.2) is 10.4 Å². The minimum atomic E-state index is 0.110. The topological polar surface area (TPSA) is 58.5 Å². The van der Waals surface area contributed by atoms with E-state index in [-0.39, 0.29) is 5.41 Å². The van der Waals surface area contributed by atoms with E-state index < -0.39 is 0 Å². The van der Waals surface area contributed by atoms with Gasteiger partial charge in [-0.2, -0.15) is 0 Å². The smallest absolute Gasteiger partial charge is 0.191 e. The van der Waals surface area contributed by atoms with Crippen molar-refractivity contribution < 1.29 is 4.74 Å². The third-order valence-electron chi connectivity index (χ3n) is 4.99. The maximum atomic E-state index is 5.32. The van der Waals surface area contributed by atoms with Gasteiger partial charge in [-0.1, -0.05) is 33.6 Å². The highest BCUT2D eigenvalue weighted by Gasteiger charge is 2.33. The van der Waals surface area contributed by atoms with Crippen molar-refractivity contribution >= 4 is 17.3 Å². The van der Waals surface area contributed by atoms with Gasteiger partial charge in [-0.05, 0) is 24.7 Å². The first-order valence-electron chi connectivity index (χ1n) is 9.27. The van der Waals surface area contributed by atoms with Crippen molar-refractivity contribution in [3.05, 3.63) is 16.1 Å². The van der Waals surface area contributed by atoms with Gasteiger partial charge in [0.25, 0.3) is 0 Å². The third kappa shape index (κ3) is 5.96. The number of thiazole rings is 1. The van der Waals surface area contributed by atoms with Gasteiger partial charge in [-0.3, -0.25) is 4.99 Å². The molecule has 2 N–H and O–H groups in total. The maximum Gasteiger partial charge on any atom is 0.191 e. The van der Waals surface area contributed by atoms with Crippen LogP contribution >= 0.6 is 11.3 Å². The summed E-state index contributed by atoms with van der Waals surface area (Å²) in [7, 11) is 3.61. The quantitative estimate of drug-likeness (QED) is 0.571. The molecule has 1 aromatic heterocycles. The lowest BCUT2D eigenvalue weighted by Gasteiger charge is -2.29. The van der Waals surface area contributed by atoms with Crippen molar-refractivity contribution in [2.75, 3.05) is 27.3 Å². The van der Waals surface area contributed by atoms with Crippen LogP contribution in [0.25, 0.3) is 0 Å². The summed E-state index contributed by atoms with van der Waals surface area (Å²) in [6.45, 7) is 9.10. The summed E-state index contributed by atoms with van der Waals surface area (Å²) < 4.78 is 5.32. The standard InChI is InChI=1S/C19H34N4OS/c1-18(2,3)16-23-15(13-25-16)12-21-17(20-4)22-14-19(10-11-24-5)8-6-7-9-19/h13H,6-12,14H2,1-5H3,(H2,20,21,22). The van der Waals surface area contributed by atoms with Crippen LogP contribution in [0.4, 0.5) is 0 Å². The Bertz CT molecular complexity index is 556. The molecular weight excluding hydrogens is 332 g/mol. The van der Waals surface area contributed by atoms with Crippen LogP contribution in [0, 0.1) is 5.41 Å². The van der Waals surface area contributed by atoms with Crippen LogP contribution in [0.3, 0.4) is 0 Å². The van der Waals surface area contributed by atoms with Crippen molar-refractivity contribution in [1.82, 2.24) is 15.6 Å². The molecule has 6 heteroatoms. The zero-order chi connectivity index (χ0) is 18.3. The number of hydrogen-bond acceptors (Lipinski definition) is 4. The van der Waals surface area contributed by atoms with E-state index in [1.807, 2.05) is 7.05 Å². The zero-order valence-electron chi connectivity index (χ0n) is 16.4. The number of rotatable bonds is 7. The summed E-state index contributed by atoms with van der Waals surface area (Å²) in [6.07, 6.45) is 6.33. The van der Waals surface area contributed by atoms with Gasteiger partial charge in [-0.25, -0.2) is 4.98 Å². The van der Waals surface area contributed by atoms with Crippen LogP contribution in [0.5, 0.6) is 0 Å². The van der Waals surface area contributed by atoms with Gasteiger partial charge in [0, 0.05) is 38.1 Å². The Labute approximate surface area is 156 Å². The van der Waals surface area contributed by atoms with Crippen molar-refractivity contribution in [3.63, 3.8) is 0 Å². The van der Waals surface area contributed by atoms with E-state index in [4.69, 9.17) is 9.72 Å². The molecule has 0 atom stereocenters. The minimum absolute atomic E-state index is 0.110. The normalized spacial score (nSPS) is 17.7. The number of guanidine groups is 1. The summed E-state index contributed by atoms with van der Waals surface area (Å²) >= 11 is 1.73. The maximum absolute atomic E-state index is 5.32. The average Bonchev–Trinajstić information content (AvgIpc) is 3.23. The molecule has 0 radical (unpaired) electrons. The van der Waals surface area contributed by atoms with Crippen molar-refractivity contribution in [1.29, 1.82) is 0 Å². The van der Waals surface area contributed by atoms with Crippen molar-refractivity contribution in [2.24, 2.45) is 10.4 Å². The Hall–Kier alpha value is -1.14. The second kappa shape index (κ2) is 8.99. The highest BCUT2D eigenvalue weighted by molar-refractivity contribution is 7.09. The minimum Gasteiger partial charge on any atom is -0.385 e. The summed E-state index contributed by atoms with van der Waals surface area (Å²) in [4.78, 5) is 9.11. The molecule has 1 aliphatic carbocycles. The van der Waals surface area contributed by atoms with E-state index in [2.05, 4.69) is 41.8 Å². The second-order valence-electron chi connectivity index (χ2n) is 8.12. The number of nitrogens with one attached hydrogen (secondary N) is 2. The van der Waals surface area contributed by atoms with E-state index in [1.165, 1.54) is 30.7 Å². The first-order chi connectivity index (χ1) is 11.9. The molecule has 0 spiro atoms. The van der Waals surface area contributed by atoms with E-state index in [0.717, 1.165) is 31.2 Å². The molecule has 1 saturated carbocycles.